The first kappa shape index (κ1) is 12.0. The van der Waals surface area contributed by atoms with Crippen LogP contribution in [0.5, 0.6) is 5.75 Å². The van der Waals surface area contributed by atoms with Gasteiger partial charge in [-0.05, 0) is 42.2 Å². The monoisotopic (exact) mass is 252 g/mol. The average Bonchev–Trinajstić information content (AvgIpc) is 2.81. The fourth-order valence-corrected chi connectivity index (χ4v) is 2.55. The Morgan fingerprint density at radius 2 is 1.74 bits per heavy atom. The highest BCUT2D eigenvalue weighted by atomic mass is 16.5. The van der Waals surface area contributed by atoms with E-state index in [1.165, 1.54) is 5.56 Å². The van der Waals surface area contributed by atoms with Crippen LogP contribution >= 0.6 is 0 Å². The lowest BCUT2D eigenvalue weighted by Crippen LogP contribution is -1.92. The van der Waals surface area contributed by atoms with E-state index in [1.54, 1.807) is 0 Å². The van der Waals surface area contributed by atoms with Crippen molar-refractivity contribution < 1.29 is 9.53 Å². The van der Waals surface area contributed by atoms with Crippen molar-refractivity contribution in [3.05, 3.63) is 53.6 Å². The first-order valence-electron chi connectivity index (χ1n) is 6.67. The van der Waals surface area contributed by atoms with E-state index in [4.69, 9.17) is 4.74 Å². The molecule has 2 aromatic rings. The van der Waals surface area contributed by atoms with Gasteiger partial charge in [0, 0.05) is 12.0 Å². The number of fused-ring (bicyclic) bond motifs is 1. The Bertz CT molecular complexity index is 612. The SMILES string of the molecule is CCOc1ccc(-c2ccc3c(c2)CCC3=O)cc1. The van der Waals surface area contributed by atoms with E-state index in [-0.39, 0.29) is 5.78 Å². The van der Waals surface area contributed by atoms with Crippen LogP contribution in [0.1, 0.15) is 29.3 Å². The van der Waals surface area contributed by atoms with Gasteiger partial charge in [-0.1, -0.05) is 30.3 Å². The maximum absolute atomic E-state index is 11.6. The van der Waals surface area contributed by atoms with Crippen molar-refractivity contribution in [2.24, 2.45) is 0 Å². The standard InChI is InChI=1S/C17H16O2/c1-2-19-15-7-3-12(4-8-15)13-5-9-16-14(11-13)6-10-17(16)18/h3-5,7-9,11H,2,6,10H2,1H3. The first-order chi connectivity index (χ1) is 9.28. The van der Waals surface area contributed by atoms with Gasteiger partial charge in [0.05, 0.1) is 6.61 Å². The summed E-state index contributed by atoms with van der Waals surface area (Å²) in [7, 11) is 0. The van der Waals surface area contributed by atoms with Crippen molar-refractivity contribution in [3.8, 4) is 16.9 Å². The second kappa shape index (κ2) is 4.88. The van der Waals surface area contributed by atoms with Crippen molar-refractivity contribution in [1.82, 2.24) is 0 Å². The first-order valence-corrected chi connectivity index (χ1v) is 6.67. The summed E-state index contributed by atoms with van der Waals surface area (Å²) in [5.74, 6) is 1.16. The van der Waals surface area contributed by atoms with Crippen LogP contribution in [0, 0.1) is 0 Å². The number of Topliss-reactive ketones (excluding diaryl/α,β-unsaturated/α-hetero) is 1. The lowest BCUT2D eigenvalue weighted by Gasteiger charge is -2.07. The van der Waals surface area contributed by atoms with Gasteiger partial charge in [-0.15, -0.1) is 0 Å². The molecule has 3 rings (SSSR count). The van der Waals surface area contributed by atoms with Crippen molar-refractivity contribution in [2.45, 2.75) is 19.8 Å². The Hall–Kier alpha value is -2.09. The maximum Gasteiger partial charge on any atom is 0.163 e. The predicted octanol–water partition coefficient (Wildman–Crippen LogP) is 3.88. The van der Waals surface area contributed by atoms with Gasteiger partial charge in [0.25, 0.3) is 0 Å². The minimum Gasteiger partial charge on any atom is -0.494 e. The van der Waals surface area contributed by atoms with Crippen LogP contribution in [0.15, 0.2) is 42.5 Å². The van der Waals surface area contributed by atoms with Gasteiger partial charge < -0.3 is 4.74 Å². The molecular formula is C17H16O2. The number of rotatable bonds is 3. The third-order valence-electron chi connectivity index (χ3n) is 3.53. The van der Waals surface area contributed by atoms with E-state index in [9.17, 15) is 4.79 Å². The molecule has 0 saturated heterocycles. The smallest absolute Gasteiger partial charge is 0.163 e. The minimum absolute atomic E-state index is 0.272. The molecule has 0 aromatic heterocycles. The Balaban J connectivity index is 1.92. The number of hydrogen-bond acceptors (Lipinski definition) is 2. The number of ether oxygens (including phenoxy) is 1. The molecule has 1 aliphatic rings. The number of aryl methyl sites for hydroxylation is 1. The second-order valence-corrected chi connectivity index (χ2v) is 4.75. The highest BCUT2D eigenvalue weighted by Crippen LogP contribution is 2.29. The third kappa shape index (κ3) is 2.26. The fourth-order valence-electron chi connectivity index (χ4n) is 2.55. The summed E-state index contributed by atoms with van der Waals surface area (Å²) in [4.78, 5) is 11.6. The highest BCUT2D eigenvalue weighted by molar-refractivity contribution is 6.00. The zero-order valence-electron chi connectivity index (χ0n) is 11.0. The summed E-state index contributed by atoms with van der Waals surface area (Å²) in [6.45, 7) is 2.66. The molecule has 0 aliphatic heterocycles. The normalized spacial score (nSPS) is 13.4. The molecule has 2 nitrogen and oxygen atoms in total. The third-order valence-corrected chi connectivity index (χ3v) is 3.53. The number of ketones is 1. The lowest BCUT2D eigenvalue weighted by molar-refractivity contribution is 0.0994. The molecule has 0 saturated carbocycles. The number of carbonyl (C=O) groups is 1. The van der Waals surface area contributed by atoms with E-state index in [1.807, 2.05) is 31.2 Å². The summed E-state index contributed by atoms with van der Waals surface area (Å²) < 4.78 is 5.44. The van der Waals surface area contributed by atoms with Crippen molar-refractivity contribution in [1.29, 1.82) is 0 Å². The van der Waals surface area contributed by atoms with Crippen LogP contribution in [0.4, 0.5) is 0 Å². The largest absolute Gasteiger partial charge is 0.494 e. The quantitative estimate of drug-likeness (QED) is 0.828. The maximum atomic E-state index is 11.6. The minimum atomic E-state index is 0.272. The Morgan fingerprint density at radius 1 is 1.00 bits per heavy atom. The van der Waals surface area contributed by atoms with Gasteiger partial charge >= 0.3 is 0 Å². The average molecular weight is 252 g/mol. The van der Waals surface area contributed by atoms with E-state index in [0.29, 0.717) is 13.0 Å². The van der Waals surface area contributed by atoms with E-state index in [2.05, 4.69) is 18.2 Å². The van der Waals surface area contributed by atoms with Crippen molar-refractivity contribution in [2.75, 3.05) is 6.61 Å². The molecule has 0 radical (unpaired) electrons. The summed E-state index contributed by atoms with van der Waals surface area (Å²) in [5, 5.41) is 0. The van der Waals surface area contributed by atoms with Crippen molar-refractivity contribution in [3.63, 3.8) is 0 Å². The molecule has 0 fully saturated rings. The molecule has 0 atom stereocenters. The van der Waals surface area contributed by atoms with Gasteiger partial charge in [0.2, 0.25) is 0 Å². The molecule has 0 bridgehead atoms. The molecular weight excluding hydrogens is 236 g/mol. The molecule has 1 aliphatic carbocycles. The van der Waals surface area contributed by atoms with E-state index < -0.39 is 0 Å². The molecule has 0 unspecified atom stereocenters. The van der Waals surface area contributed by atoms with Crippen molar-refractivity contribution >= 4 is 5.78 Å². The van der Waals surface area contributed by atoms with Crippen LogP contribution < -0.4 is 4.74 Å². The van der Waals surface area contributed by atoms with Gasteiger partial charge in [-0.3, -0.25) is 4.79 Å². The van der Waals surface area contributed by atoms with Crippen LogP contribution in [0.25, 0.3) is 11.1 Å². The zero-order chi connectivity index (χ0) is 13.2. The fraction of sp³-hybridized carbons (Fsp3) is 0.235. The van der Waals surface area contributed by atoms with Crippen LogP contribution in [0.3, 0.4) is 0 Å². The highest BCUT2D eigenvalue weighted by Gasteiger charge is 2.19. The molecule has 0 N–H and O–H groups in total. The lowest BCUT2D eigenvalue weighted by atomic mass is 10.0. The number of benzene rings is 2. The molecule has 0 spiro atoms. The topological polar surface area (TPSA) is 26.3 Å². The van der Waals surface area contributed by atoms with Crippen LogP contribution in [-0.2, 0) is 6.42 Å². The summed E-state index contributed by atoms with van der Waals surface area (Å²) in [6.07, 6.45) is 1.53. The molecule has 2 aromatic carbocycles. The van der Waals surface area contributed by atoms with Crippen LogP contribution in [0.2, 0.25) is 0 Å². The van der Waals surface area contributed by atoms with Gasteiger partial charge in [-0.2, -0.15) is 0 Å². The Kier molecular flexibility index (Phi) is 3.08. The second-order valence-electron chi connectivity index (χ2n) is 4.75. The number of carbonyl (C=O) groups excluding carboxylic acids is 1. The van der Waals surface area contributed by atoms with Crippen LogP contribution in [-0.4, -0.2) is 12.4 Å². The van der Waals surface area contributed by atoms with Gasteiger partial charge in [0.1, 0.15) is 5.75 Å². The summed E-state index contributed by atoms with van der Waals surface area (Å²) >= 11 is 0. The Labute approximate surface area is 113 Å². The van der Waals surface area contributed by atoms with E-state index in [0.717, 1.165) is 28.9 Å². The molecule has 96 valence electrons. The summed E-state index contributed by atoms with van der Waals surface area (Å²) in [6, 6.07) is 14.2. The zero-order valence-corrected chi connectivity index (χ0v) is 11.0. The predicted molar refractivity (Wildman–Crippen MR) is 75.7 cm³/mol. The van der Waals surface area contributed by atoms with Gasteiger partial charge in [0.15, 0.2) is 5.78 Å². The molecule has 0 amide bonds. The molecule has 2 heteroatoms. The van der Waals surface area contributed by atoms with Gasteiger partial charge in [-0.25, -0.2) is 0 Å². The Morgan fingerprint density at radius 3 is 2.47 bits per heavy atom. The molecule has 19 heavy (non-hydrogen) atoms. The number of hydrogen-bond donors (Lipinski definition) is 0. The van der Waals surface area contributed by atoms with E-state index >= 15 is 0 Å². The summed E-state index contributed by atoms with van der Waals surface area (Å²) in [5.41, 5.74) is 4.40. The molecule has 0 heterocycles.